The molecular formula is C19H31N3O2. The molecule has 5 nitrogen and oxygen atoms in total. The van der Waals surface area contributed by atoms with Gasteiger partial charge < -0.3 is 15.3 Å². The molecule has 2 saturated carbocycles. The summed E-state index contributed by atoms with van der Waals surface area (Å²) in [7, 11) is 0. The van der Waals surface area contributed by atoms with Gasteiger partial charge in [-0.1, -0.05) is 19.3 Å². The first-order valence-electron chi connectivity index (χ1n) is 9.67. The number of amides is 1. The van der Waals surface area contributed by atoms with E-state index >= 15 is 0 Å². The van der Waals surface area contributed by atoms with Gasteiger partial charge in [0.1, 0.15) is 6.04 Å². The zero-order valence-electron chi connectivity index (χ0n) is 14.7. The van der Waals surface area contributed by atoms with Crippen LogP contribution in [0.25, 0.3) is 0 Å². The Bertz CT molecular complexity index is 483. The number of nitrogens with one attached hydrogen (secondary N) is 1. The maximum absolute atomic E-state index is 12.4. The highest BCUT2D eigenvalue weighted by atomic mass is 16.3. The first-order chi connectivity index (χ1) is 11.6. The Labute approximate surface area is 145 Å². The summed E-state index contributed by atoms with van der Waals surface area (Å²) in [5.41, 5.74) is 0.198. The fourth-order valence-electron chi connectivity index (χ4n) is 5.02. The van der Waals surface area contributed by atoms with Gasteiger partial charge in [-0.05, 0) is 56.8 Å². The van der Waals surface area contributed by atoms with Gasteiger partial charge in [-0.3, -0.25) is 4.79 Å². The first kappa shape index (κ1) is 17.7. The van der Waals surface area contributed by atoms with Crippen molar-refractivity contribution < 1.29 is 9.90 Å². The number of aliphatic hydroxyl groups excluding tert-OH is 1. The second-order valence-corrected chi connectivity index (χ2v) is 8.23. The van der Waals surface area contributed by atoms with Crippen LogP contribution in [0.2, 0.25) is 0 Å². The monoisotopic (exact) mass is 333 g/mol. The van der Waals surface area contributed by atoms with Crippen LogP contribution in [0.1, 0.15) is 70.6 Å². The quantitative estimate of drug-likeness (QED) is 0.828. The van der Waals surface area contributed by atoms with Gasteiger partial charge in [0.15, 0.2) is 0 Å². The topological polar surface area (TPSA) is 76.4 Å². The molecule has 0 aromatic carbocycles. The lowest BCUT2D eigenvalue weighted by Crippen LogP contribution is -2.55. The first-order valence-corrected chi connectivity index (χ1v) is 9.67. The Hall–Kier alpha value is -1.12. The molecule has 2 aliphatic carbocycles. The fraction of sp³-hybridized carbons (Fsp3) is 0.895. The van der Waals surface area contributed by atoms with E-state index in [2.05, 4.69) is 11.4 Å². The molecule has 2 N–H and O–H groups in total. The number of hydrogen-bond donors (Lipinski definition) is 2. The van der Waals surface area contributed by atoms with E-state index in [0.29, 0.717) is 12.0 Å². The van der Waals surface area contributed by atoms with Crippen molar-refractivity contribution in [3.05, 3.63) is 0 Å². The predicted octanol–water partition coefficient (Wildman–Crippen LogP) is 2.35. The average Bonchev–Trinajstić information content (AvgIpc) is 3.11. The molecule has 1 spiro atoms. The minimum atomic E-state index is -0.305. The molecular weight excluding hydrogens is 302 g/mol. The van der Waals surface area contributed by atoms with Crippen LogP contribution in [0.4, 0.5) is 0 Å². The van der Waals surface area contributed by atoms with E-state index in [0.717, 1.165) is 25.7 Å². The summed E-state index contributed by atoms with van der Waals surface area (Å²) < 4.78 is 0. The largest absolute Gasteiger partial charge is 0.394 e. The third-order valence-electron chi connectivity index (χ3n) is 6.82. The van der Waals surface area contributed by atoms with E-state index in [1.54, 1.807) is 4.90 Å². The Kier molecular flexibility index (Phi) is 5.46. The van der Waals surface area contributed by atoms with E-state index in [-0.39, 0.29) is 30.6 Å². The number of likely N-dealkylation sites (tertiary alicyclic amines) is 1. The number of nitriles is 1. The summed E-state index contributed by atoms with van der Waals surface area (Å²) in [6.45, 7) is 1.03. The van der Waals surface area contributed by atoms with E-state index in [4.69, 9.17) is 5.26 Å². The van der Waals surface area contributed by atoms with Crippen molar-refractivity contribution in [2.45, 2.75) is 82.2 Å². The molecule has 1 saturated heterocycles. The summed E-state index contributed by atoms with van der Waals surface area (Å²) in [4.78, 5) is 14.1. The molecule has 1 amide bonds. The third-order valence-corrected chi connectivity index (χ3v) is 6.82. The molecule has 3 fully saturated rings. The second-order valence-electron chi connectivity index (χ2n) is 8.23. The summed E-state index contributed by atoms with van der Waals surface area (Å²) in [5.74, 6) is 0.00447. The van der Waals surface area contributed by atoms with Gasteiger partial charge in [-0.25, -0.2) is 0 Å². The van der Waals surface area contributed by atoms with Crippen molar-refractivity contribution in [2.24, 2.45) is 5.41 Å². The third kappa shape index (κ3) is 3.60. The lowest BCUT2D eigenvalue weighted by atomic mass is 9.61. The van der Waals surface area contributed by atoms with Crippen LogP contribution in [0.5, 0.6) is 0 Å². The summed E-state index contributed by atoms with van der Waals surface area (Å²) in [6, 6.07) is 1.96. The van der Waals surface area contributed by atoms with Crippen molar-refractivity contribution in [1.82, 2.24) is 10.2 Å². The molecule has 134 valence electrons. The van der Waals surface area contributed by atoms with E-state index in [1.165, 1.54) is 44.9 Å². The fourth-order valence-corrected chi connectivity index (χ4v) is 5.02. The van der Waals surface area contributed by atoms with Gasteiger partial charge in [-0.2, -0.15) is 5.26 Å². The highest BCUT2D eigenvalue weighted by molar-refractivity contribution is 5.79. The lowest BCUT2D eigenvalue weighted by molar-refractivity contribution is -0.130. The zero-order chi connectivity index (χ0) is 17.0. The molecule has 0 unspecified atom stereocenters. The molecule has 3 rings (SSSR count). The Morgan fingerprint density at radius 3 is 2.46 bits per heavy atom. The van der Waals surface area contributed by atoms with E-state index < -0.39 is 0 Å². The van der Waals surface area contributed by atoms with Crippen LogP contribution in [0.15, 0.2) is 0 Å². The zero-order valence-corrected chi connectivity index (χ0v) is 14.7. The van der Waals surface area contributed by atoms with Crippen molar-refractivity contribution in [1.29, 1.82) is 5.26 Å². The second kappa shape index (κ2) is 7.41. The highest BCUT2D eigenvalue weighted by Gasteiger charge is 2.43. The molecule has 1 atom stereocenters. The summed E-state index contributed by atoms with van der Waals surface area (Å²) in [6.07, 6.45) is 12.7. The van der Waals surface area contributed by atoms with Gasteiger partial charge in [0, 0.05) is 12.1 Å². The van der Waals surface area contributed by atoms with E-state index in [9.17, 15) is 9.90 Å². The van der Waals surface area contributed by atoms with Gasteiger partial charge >= 0.3 is 0 Å². The molecule has 1 aliphatic heterocycles. The highest BCUT2D eigenvalue weighted by Crippen LogP contribution is 2.49. The molecule has 5 heteroatoms. The molecule has 0 bridgehead atoms. The van der Waals surface area contributed by atoms with Gasteiger partial charge in [-0.15, -0.1) is 0 Å². The van der Waals surface area contributed by atoms with Crippen molar-refractivity contribution >= 4 is 5.91 Å². The van der Waals surface area contributed by atoms with Gasteiger partial charge in [0.2, 0.25) is 5.91 Å². The molecule has 0 aromatic rings. The molecule has 24 heavy (non-hydrogen) atoms. The maximum atomic E-state index is 12.4. The Morgan fingerprint density at radius 2 is 1.83 bits per heavy atom. The van der Waals surface area contributed by atoms with Crippen LogP contribution < -0.4 is 5.32 Å². The van der Waals surface area contributed by atoms with Gasteiger partial charge in [0.25, 0.3) is 0 Å². The van der Waals surface area contributed by atoms with Crippen LogP contribution in [0.3, 0.4) is 0 Å². The average molecular weight is 333 g/mol. The number of carbonyl (C=O) groups excluding carboxylic acids is 1. The van der Waals surface area contributed by atoms with Crippen LogP contribution in [-0.4, -0.2) is 47.2 Å². The normalized spacial score (nSPS) is 28.7. The van der Waals surface area contributed by atoms with Crippen LogP contribution in [0, 0.1) is 16.7 Å². The summed E-state index contributed by atoms with van der Waals surface area (Å²) >= 11 is 0. The van der Waals surface area contributed by atoms with Crippen LogP contribution >= 0.6 is 0 Å². The number of aliphatic hydroxyl groups is 1. The number of nitrogens with zero attached hydrogens (tertiary/aromatic N) is 2. The van der Waals surface area contributed by atoms with Gasteiger partial charge in [0.05, 0.1) is 19.2 Å². The van der Waals surface area contributed by atoms with E-state index in [1.807, 2.05) is 0 Å². The molecule has 3 aliphatic rings. The maximum Gasteiger partial charge on any atom is 0.237 e. The molecule has 0 radical (unpaired) electrons. The standard InChI is InChI=1S/C19H31N3O2/c20-13-16-5-4-12-22(16)17(24)14-21-19(15-23)10-8-18(9-11-19)6-2-1-3-7-18/h16,21,23H,1-12,14-15H2/t16-/m0/s1. The van der Waals surface area contributed by atoms with Crippen molar-refractivity contribution in [2.75, 3.05) is 19.7 Å². The minimum absolute atomic E-state index is 0.00447. The predicted molar refractivity (Wildman–Crippen MR) is 92.2 cm³/mol. The SMILES string of the molecule is N#C[C@@H]1CCCN1C(=O)CNC1(CO)CCC2(CCCCC2)CC1. The molecule has 1 heterocycles. The Balaban J connectivity index is 1.53. The number of carbonyl (C=O) groups is 1. The van der Waals surface area contributed by atoms with Crippen molar-refractivity contribution in [3.8, 4) is 6.07 Å². The lowest BCUT2D eigenvalue weighted by Gasteiger charge is -2.48. The number of rotatable bonds is 4. The Morgan fingerprint density at radius 1 is 1.12 bits per heavy atom. The smallest absolute Gasteiger partial charge is 0.237 e. The minimum Gasteiger partial charge on any atom is -0.394 e. The van der Waals surface area contributed by atoms with Crippen LogP contribution in [-0.2, 0) is 4.79 Å². The summed E-state index contributed by atoms with van der Waals surface area (Å²) in [5, 5.41) is 22.5. The van der Waals surface area contributed by atoms with Crippen molar-refractivity contribution in [3.63, 3.8) is 0 Å². The number of hydrogen-bond acceptors (Lipinski definition) is 4. The molecule has 0 aromatic heterocycles.